The highest BCUT2D eigenvalue weighted by Crippen LogP contribution is 2.29. The first-order valence-electron chi connectivity index (χ1n) is 14.3. The van der Waals surface area contributed by atoms with Crippen LogP contribution in [0.1, 0.15) is 149 Å². The van der Waals surface area contributed by atoms with Crippen LogP contribution in [-0.4, -0.2) is 8.07 Å². The van der Waals surface area contributed by atoms with Crippen molar-refractivity contribution in [1.29, 1.82) is 0 Å². The van der Waals surface area contributed by atoms with Crippen LogP contribution in [0.3, 0.4) is 0 Å². The number of rotatable bonds is 25. The van der Waals surface area contributed by atoms with E-state index in [2.05, 4.69) is 33.0 Å². The molecule has 0 bridgehead atoms. The molecule has 0 aromatic rings. The van der Waals surface area contributed by atoms with Gasteiger partial charge < -0.3 is 0 Å². The van der Waals surface area contributed by atoms with Crippen LogP contribution in [0.25, 0.3) is 0 Å². The Hall–Kier alpha value is -0.0431. The van der Waals surface area contributed by atoms with Gasteiger partial charge >= 0.3 is 0 Å². The lowest BCUT2D eigenvalue weighted by atomic mass is 10.1. The van der Waals surface area contributed by atoms with Crippen LogP contribution >= 0.6 is 0 Å². The predicted molar refractivity (Wildman–Crippen MR) is 145 cm³/mol. The topological polar surface area (TPSA) is 0 Å². The zero-order valence-corrected chi connectivity index (χ0v) is 22.8. The van der Waals surface area contributed by atoms with E-state index >= 15 is 0 Å². The Balaban J connectivity index is 4.03. The van der Waals surface area contributed by atoms with Crippen molar-refractivity contribution in [3.05, 3.63) is 12.7 Å². The van der Waals surface area contributed by atoms with Crippen LogP contribution in [0.2, 0.25) is 24.7 Å². The molecule has 30 heavy (non-hydrogen) atoms. The molecule has 180 valence electrons. The minimum Gasteiger partial charge on any atom is -0.103 e. The van der Waals surface area contributed by atoms with Crippen LogP contribution in [0, 0.1) is 0 Å². The van der Waals surface area contributed by atoms with Gasteiger partial charge in [-0.3, -0.25) is 0 Å². The summed E-state index contributed by atoms with van der Waals surface area (Å²) >= 11 is 0. The first-order valence-corrected chi connectivity index (χ1v) is 17.4. The summed E-state index contributed by atoms with van der Waals surface area (Å²) in [5.41, 5.74) is 0. The highest BCUT2D eigenvalue weighted by atomic mass is 28.3. The van der Waals surface area contributed by atoms with E-state index in [0.29, 0.717) is 0 Å². The van der Waals surface area contributed by atoms with E-state index in [1.807, 2.05) is 0 Å². The summed E-state index contributed by atoms with van der Waals surface area (Å²) in [6.07, 6.45) is 32.6. The molecule has 0 fully saturated rings. The normalized spacial score (nSPS) is 11.8. The van der Waals surface area contributed by atoms with Crippen molar-refractivity contribution in [1.82, 2.24) is 0 Å². The third kappa shape index (κ3) is 21.2. The molecular formula is C29H60Si. The Kier molecular flexibility index (Phi) is 23.6. The van der Waals surface area contributed by atoms with Gasteiger partial charge in [0.25, 0.3) is 0 Å². The van der Waals surface area contributed by atoms with E-state index < -0.39 is 8.07 Å². The van der Waals surface area contributed by atoms with E-state index in [1.165, 1.54) is 135 Å². The maximum Gasteiger partial charge on any atom is 0.0504 e. The van der Waals surface area contributed by atoms with Crippen molar-refractivity contribution >= 4 is 8.07 Å². The SMILES string of the molecule is C=CCCCCCC[Si](C)(CCCCCCCCCC)CCCCCCCCCC. The fourth-order valence-corrected chi connectivity index (χ4v) is 9.00. The molecule has 0 radical (unpaired) electrons. The van der Waals surface area contributed by atoms with Crippen LogP contribution < -0.4 is 0 Å². The minimum atomic E-state index is -1.00. The Morgan fingerprint density at radius 3 is 1.10 bits per heavy atom. The lowest BCUT2D eigenvalue weighted by Gasteiger charge is -2.28. The smallest absolute Gasteiger partial charge is 0.0504 e. The molecular weight excluding hydrogens is 376 g/mol. The van der Waals surface area contributed by atoms with Gasteiger partial charge in [-0.1, -0.05) is 167 Å². The van der Waals surface area contributed by atoms with E-state index in [1.54, 1.807) is 18.1 Å². The number of hydrogen-bond acceptors (Lipinski definition) is 0. The van der Waals surface area contributed by atoms with Crippen molar-refractivity contribution < 1.29 is 0 Å². The van der Waals surface area contributed by atoms with Crippen LogP contribution in [-0.2, 0) is 0 Å². The third-order valence-electron chi connectivity index (χ3n) is 7.21. The molecule has 0 saturated carbocycles. The summed E-state index contributed by atoms with van der Waals surface area (Å²) in [5.74, 6) is 0. The first-order chi connectivity index (χ1) is 14.7. The quantitative estimate of drug-likeness (QED) is 0.0757. The second-order valence-electron chi connectivity index (χ2n) is 10.5. The second-order valence-corrected chi connectivity index (χ2v) is 15.6. The third-order valence-corrected chi connectivity index (χ3v) is 11.9. The zero-order valence-electron chi connectivity index (χ0n) is 21.8. The molecule has 0 aromatic heterocycles. The average Bonchev–Trinajstić information content (AvgIpc) is 2.74. The second kappa shape index (κ2) is 23.6. The van der Waals surface area contributed by atoms with Crippen molar-refractivity contribution in [2.45, 2.75) is 173 Å². The lowest BCUT2D eigenvalue weighted by Crippen LogP contribution is -2.29. The molecule has 0 unspecified atom stereocenters. The van der Waals surface area contributed by atoms with Crippen LogP contribution in [0.15, 0.2) is 12.7 Å². The Bertz CT molecular complexity index is 315. The van der Waals surface area contributed by atoms with Crippen molar-refractivity contribution in [3.8, 4) is 0 Å². The Morgan fingerprint density at radius 2 is 0.767 bits per heavy atom. The Labute approximate surface area is 194 Å². The van der Waals surface area contributed by atoms with Gasteiger partial charge in [-0.25, -0.2) is 0 Å². The molecule has 0 aliphatic heterocycles. The first kappa shape index (κ1) is 30.0. The van der Waals surface area contributed by atoms with Gasteiger partial charge in [0.15, 0.2) is 0 Å². The summed E-state index contributed by atoms with van der Waals surface area (Å²) in [7, 11) is -1.00. The van der Waals surface area contributed by atoms with E-state index in [0.717, 1.165) is 0 Å². The van der Waals surface area contributed by atoms with Gasteiger partial charge in [-0.15, -0.1) is 6.58 Å². The Morgan fingerprint density at radius 1 is 0.467 bits per heavy atom. The molecule has 1 heteroatoms. The van der Waals surface area contributed by atoms with Crippen LogP contribution in [0.5, 0.6) is 0 Å². The van der Waals surface area contributed by atoms with Gasteiger partial charge in [0.1, 0.15) is 0 Å². The maximum atomic E-state index is 3.86. The van der Waals surface area contributed by atoms with Gasteiger partial charge in [0, 0.05) is 0 Å². The van der Waals surface area contributed by atoms with Gasteiger partial charge in [0.05, 0.1) is 8.07 Å². The fraction of sp³-hybridized carbons (Fsp3) is 0.931. The number of allylic oxidation sites excluding steroid dienone is 1. The molecule has 0 amide bonds. The number of unbranched alkanes of at least 4 members (excludes halogenated alkanes) is 18. The molecule has 0 aromatic carbocycles. The summed E-state index contributed by atoms with van der Waals surface area (Å²) < 4.78 is 0. The highest BCUT2D eigenvalue weighted by molar-refractivity contribution is 6.78. The predicted octanol–water partition coefficient (Wildman–Crippen LogP) is 11.5. The monoisotopic (exact) mass is 436 g/mol. The fourth-order valence-electron chi connectivity index (χ4n) is 4.94. The van der Waals surface area contributed by atoms with E-state index in [4.69, 9.17) is 0 Å². The van der Waals surface area contributed by atoms with Gasteiger partial charge in [0.2, 0.25) is 0 Å². The van der Waals surface area contributed by atoms with Gasteiger partial charge in [-0.2, -0.15) is 0 Å². The molecule has 0 aliphatic rings. The highest BCUT2D eigenvalue weighted by Gasteiger charge is 2.25. The molecule has 0 N–H and O–H groups in total. The minimum absolute atomic E-state index is 1.00. The molecule has 0 spiro atoms. The number of hydrogen-bond donors (Lipinski definition) is 0. The molecule has 0 nitrogen and oxygen atoms in total. The summed E-state index contributed by atoms with van der Waals surface area (Å²) in [6.45, 7) is 11.3. The molecule has 0 rings (SSSR count). The molecule has 0 atom stereocenters. The summed E-state index contributed by atoms with van der Waals surface area (Å²) in [6, 6.07) is 4.84. The van der Waals surface area contributed by atoms with Crippen molar-refractivity contribution in [2.75, 3.05) is 0 Å². The zero-order chi connectivity index (χ0) is 22.2. The van der Waals surface area contributed by atoms with Crippen molar-refractivity contribution in [3.63, 3.8) is 0 Å². The van der Waals surface area contributed by atoms with E-state index in [9.17, 15) is 0 Å². The van der Waals surface area contributed by atoms with E-state index in [-0.39, 0.29) is 0 Å². The summed E-state index contributed by atoms with van der Waals surface area (Å²) in [4.78, 5) is 0. The largest absolute Gasteiger partial charge is 0.103 e. The van der Waals surface area contributed by atoms with Crippen molar-refractivity contribution in [2.24, 2.45) is 0 Å². The van der Waals surface area contributed by atoms with Crippen LogP contribution in [0.4, 0.5) is 0 Å². The average molecular weight is 437 g/mol. The maximum absolute atomic E-state index is 3.86. The lowest BCUT2D eigenvalue weighted by molar-refractivity contribution is 0.578. The molecule has 0 heterocycles. The summed E-state index contributed by atoms with van der Waals surface area (Å²) in [5, 5.41) is 0. The van der Waals surface area contributed by atoms with Gasteiger partial charge in [-0.05, 0) is 12.8 Å². The molecule has 0 saturated heterocycles. The molecule has 0 aliphatic carbocycles. The standard InChI is InChI=1S/C29H60Si/c1-5-8-11-14-17-19-22-25-28-30(4,27-24-21-16-13-10-7-3)29-26-23-20-18-15-12-9-6-2/h7H,3,5-6,8-29H2,1-2,4H3.